The minimum Gasteiger partial charge on any atom is -0.319 e. The molecule has 2 atom stereocenters. The first-order chi connectivity index (χ1) is 9.04. The highest BCUT2D eigenvalue weighted by Gasteiger charge is 2.35. The Labute approximate surface area is 116 Å². The molecule has 0 bridgehead atoms. The van der Waals surface area contributed by atoms with Gasteiger partial charge in [0.05, 0.1) is 6.54 Å². The lowest BCUT2D eigenvalue weighted by atomic mass is 10.0. The maximum Gasteiger partial charge on any atom is 0.238 e. The van der Waals surface area contributed by atoms with Crippen LogP contribution in [0.3, 0.4) is 0 Å². The summed E-state index contributed by atoms with van der Waals surface area (Å²) in [5, 5.41) is 3.32. The second-order valence-corrected chi connectivity index (χ2v) is 5.66. The van der Waals surface area contributed by atoms with Crippen molar-refractivity contribution in [3.63, 3.8) is 0 Å². The number of rotatable bonds is 4. The van der Waals surface area contributed by atoms with Crippen molar-refractivity contribution in [2.45, 2.75) is 46.3 Å². The van der Waals surface area contributed by atoms with Crippen molar-refractivity contribution in [2.75, 3.05) is 6.54 Å². The number of benzene rings is 1. The molecule has 2 rings (SSSR count). The quantitative estimate of drug-likeness (QED) is 0.903. The molecule has 0 aliphatic carbocycles. The summed E-state index contributed by atoms with van der Waals surface area (Å²) in [4.78, 5) is 14.1. The first-order valence-corrected chi connectivity index (χ1v) is 7.18. The van der Waals surface area contributed by atoms with Gasteiger partial charge in [-0.25, -0.2) is 0 Å². The van der Waals surface area contributed by atoms with Crippen molar-refractivity contribution >= 4 is 5.91 Å². The summed E-state index contributed by atoms with van der Waals surface area (Å²) in [5.74, 6) is 0.659. The van der Waals surface area contributed by atoms with E-state index in [2.05, 4.69) is 57.3 Å². The van der Waals surface area contributed by atoms with Crippen LogP contribution in [-0.2, 0) is 11.2 Å². The average Bonchev–Trinajstić information content (AvgIpc) is 2.79. The zero-order valence-electron chi connectivity index (χ0n) is 12.3. The third kappa shape index (κ3) is 2.81. The predicted octanol–water partition coefficient (Wildman–Crippen LogP) is 2.72. The molecule has 0 saturated carbocycles. The maximum absolute atomic E-state index is 12.1. The van der Waals surface area contributed by atoms with Crippen molar-refractivity contribution in [3.8, 4) is 0 Å². The van der Waals surface area contributed by atoms with E-state index in [1.807, 2.05) is 4.90 Å². The van der Waals surface area contributed by atoms with Gasteiger partial charge in [-0.05, 0) is 30.4 Å². The lowest BCUT2D eigenvalue weighted by Crippen LogP contribution is -2.40. The molecule has 3 heteroatoms. The Morgan fingerprint density at radius 3 is 2.42 bits per heavy atom. The first kappa shape index (κ1) is 14.1. The van der Waals surface area contributed by atoms with Crippen molar-refractivity contribution < 1.29 is 4.79 Å². The maximum atomic E-state index is 12.1. The summed E-state index contributed by atoms with van der Waals surface area (Å²) in [6.45, 7) is 9.04. The molecule has 1 N–H and O–H groups in total. The molecule has 19 heavy (non-hydrogen) atoms. The van der Waals surface area contributed by atoms with Gasteiger partial charge in [-0.2, -0.15) is 0 Å². The number of amides is 1. The van der Waals surface area contributed by atoms with Crippen LogP contribution in [0.2, 0.25) is 0 Å². The Hall–Kier alpha value is -1.35. The van der Waals surface area contributed by atoms with Crippen LogP contribution >= 0.6 is 0 Å². The van der Waals surface area contributed by atoms with E-state index >= 15 is 0 Å². The largest absolute Gasteiger partial charge is 0.319 e. The third-order valence-corrected chi connectivity index (χ3v) is 4.12. The molecular weight excluding hydrogens is 236 g/mol. The average molecular weight is 260 g/mol. The molecule has 1 aromatic carbocycles. The molecule has 0 spiro atoms. The number of nitrogens with one attached hydrogen (secondary N) is 1. The van der Waals surface area contributed by atoms with Crippen LogP contribution in [0.4, 0.5) is 0 Å². The van der Waals surface area contributed by atoms with Crippen molar-refractivity contribution in [3.05, 3.63) is 35.4 Å². The van der Waals surface area contributed by atoms with E-state index in [0.29, 0.717) is 12.5 Å². The molecule has 1 aliphatic heterocycles. The standard InChI is InChI=1S/C16H24N2O/c1-5-13-6-8-14(9-7-13)16-17-10-15(19)18(16)12(4)11(2)3/h6-9,11-12,16-17H,5,10H2,1-4H3. The smallest absolute Gasteiger partial charge is 0.238 e. The number of carbonyl (C=O) groups excluding carboxylic acids is 1. The second kappa shape index (κ2) is 5.74. The lowest BCUT2D eigenvalue weighted by molar-refractivity contribution is -0.130. The van der Waals surface area contributed by atoms with Crippen LogP contribution in [0.25, 0.3) is 0 Å². The van der Waals surface area contributed by atoms with Crippen LogP contribution in [0.5, 0.6) is 0 Å². The Balaban J connectivity index is 2.24. The Bertz CT molecular complexity index is 439. The van der Waals surface area contributed by atoms with E-state index < -0.39 is 0 Å². The number of hydrogen-bond donors (Lipinski definition) is 1. The SMILES string of the molecule is CCc1ccc(C2NCC(=O)N2C(C)C(C)C)cc1. The van der Waals surface area contributed by atoms with Crippen LogP contribution in [0, 0.1) is 5.92 Å². The van der Waals surface area contributed by atoms with Gasteiger partial charge in [0.1, 0.15) is 6.17 Å². The molecule has 0 radical (unpaired) electrons. The van der Waals surface area contributed by atoms with E-state index in [9.17, 15) is 4.79 Å². The van der Waals surface area contributed by atoms with Gasteiger partial charge in [0.2, 0.25) is 5.91 Å². The van der Waals surface area contributed by atoms with Gasteiger partial charge in [-0.3, -0.25) is 10.1 Å². The van der Waals surface area contributed by atoms with E-state index in [1.54, 1.807) is 0 Å². The monoisotopic (exact) mass is 260 g/mol. The Morgan fingerprint density at radius 2 is 1.89 bits per heavy atom. The molecule has 1 saturated heterocycles. The zero-order chi connectivity index (χ0) is 14.0. The summed E-state index contributed by atoms with van der Waals surface area (Å²) >= 11 is 0. The normalized spacial score (nSPS) is 21.2. The fourth-order valence-corrected chi connectivity index (χ4v) is 2.52. The summed E-state index contributed by atoms with van der Waals surface area (Å²) in [6.07, 6.45) is 1.07. The van der Waals surface area contributed by atoms with Crippen molar-refractivity contribution in [2.24, 2.45) is 5.92 Å². The van der Waals surface area contributed by atoms with E-state index in [1.165, 1.54) is 11.1 Å². The summed E-state index contributed by atoms with van der Waals surface area (Å²) in [7, 11) is 0. The number of aryl methyl sites for hydroxylation is 1. The third-order valence-electron chi connectivity index (χ3n) is 4.12. The second-order valence-electron chi connectivity index (χ2n) is 5.66. The number of nitrogens with zero attached hydrogens (tertiary/aromatic N) is 1. The number of carbonyl (C=O) groups is 1. The van der Waals surface area contributed by atoms with Gasteiger partial charge in [0.25, 0.3) is 0 Å². The van der Waals surface area contributed by atoms with Gasteiger partial charge >= 0.3 is 0 Å². The molecular formula is C16H24N2O. The molecule has 1 amide bonds. The molecule has 1 heterocycles. The fraction of sp³-hybridized carbons (Fsp3) is 0.562. The number of hydrogen-bond acceptors (Lipinski definition) is 2. The molecule has 1 aromatic rings. The van der Waals surface area contributed by atoms with E-state index in [4.69, 9.17) is 0 Å². The Morgan fingerprint density at radius 1 is 1.26 bits per heavy atom. The lowest BCUT2D eigenvalue weighted by Gasteiger charge is -2.33. The molecule has 3 nitrogen and oxygen atoms in total. The van der Waals surface area contributed by atoms with Crippen molar-refractivity contribution in [1.82, 2.24) is 10.2 Å². The van der Waals surface area contributed by atoms with E-state index in [0.717, 1.165) is 6.42 Å². The van der Waals surface area contributed by atoms with Gasteiger partial charge in [-0.1, -0.05) is 45.0 Å². The van der Waals surface area contributed by atoms with E-state index in [-0.39, 0.29) is 18.1 Å². The van der Waals surface area contributed by atoms with Crippen LogP contribution in [0.1, 0.15) is 45.0 Å². The molecule has 1 fully saturated rings. The summed E-state index contributed by atoms with van der Waals surface area (Å²) in [6, 6.07) is 8.82. The molecule has 2 unspecified atom stereocenters. The minimum atomic E-state index is 0.0239. The molecule has 104 valence electrons. The highest BCUT2D eigenvalue weighted by Crippen LogP contribution is 2.27. The van der Waals surface area contributed by atoms with Gasteiger partial charge in [0, 0.05) is 6.04 Å². The van der Waals surface area contributed by atoms with Crippen LogP contribution < -0.4 is 5.32 Å². The fourth-order valence-electron chi connectivity index (χ4n) is 2.52. The van der Waals surface area contributed by atoms with Crippen LogP contribution in [-0.4, -0.2) is 23.4 Å². The van der Waals surface area contributed by atoms with Crippen LogP contribution in [0.15, 0.2) is 24.3 Å². The zero-order valence-corrected chi connectivity index (χ0v) is 12.3. The summed E-state index contributed by atoms with van der Waals surface area (Å²) < 4.78 is 0. The highest BCUT2D eigenvalue weighted by atomic mass is 16.2. The summed E-state index contributed by atoms with van der Waals surface area (Å²) in [5.41, 5.74) is 2.51. The minimum absolute atomic E-state index is 0.0239. The van der Waals surface area contributed by atoms with Gasteiger partial charge in [0.15, 0.2) is 0 Å². The molecule has 0 aromatic heterocycles. The topological polar surface area (TPSA) is 32.3 Å². The highest BCUT2D eigenvalue weighted by molar-refractivity contribution is 5.81. The Kier molecular flexibility index (Phi) is 4.25. The first-order valence-electron chi connectivity index (χ1n) is 7.18. The molecule has 1 aliphatic rings. The van der Waals surface area contributed by atoms with Gasteiger partial charge < -0.3 is 4.90 Å². The van der Waals surface area contributed by atoms with Gasteiger partial charge in [-0.15, -0.1) is 0 Å². The predicted molar refractivity (Wildman–Crippen MR) is 77.7 cm³/mol. The van der Waals surface area contributed by atoms with Crippen molar-refractivity contribution in [1.29, 1.82) is 0 Å².